The monoisotopic (exact) mass is 283 g/mol. The fourth-order valence-electron chi connectivity index (χ4n) is 1.95. The molecule has 0 radical (unpaired) electrons. The van der Waals surface area contributed by atoms with Crippen LogP contribution in [0.15, 0.2) is 64.6 Å². The predicted octanol–water partition coefficient (Wildman–Crippen LogP) is 4.10. The lowest BCUT2D eigenvalue weighted by Gasteiger charge is -2.07. The summed E-state index contributed by atoms with van der Waals surface area (Å²) in [5.41, 5.74) is 0. The van der Waals surface area contributed by atoms with Crippen LogP contribution in [0.1, 0.15) is 0 Å². The van der Waals surface area contributed by atoms with E-state index < -0.39 is 0 Å². The summed E-state index contributed by atoms with van der Waals surface area (Å²) < 4.78 is 5.27. The van der Waals surface area contributed by atoms with Gasteiger partial charge in [-0.1, -0.05) is 17.8 Å². The number of hydrogen-bond acceptors (Lipinski definition) is 4. The molecular formula is C16H13NO2S. The maximum atomic E-state index is 9.32. The highest BCUT2D eigenvalue weighted by atomic mass is 32.2. The van der Waals surface area contributed by atoms with Gasteiger partial charge in [-0.2, -0.15) is 0 Å². The van der Waals surface area contributed by atoms with Crippen LogP contribution < -0.4 is 4.74 Å². The highest BCUT2D eigenvalue weighted by Gasteiger charge is 2.06. The van der Waals surface area contributed by atoms with Gasteiger partial charge in [0.2, 0.25) is 0 Å². The van der Waals surface area contributed by atoms with Crippen LogP contribution in [0.5, 0.6) is 11.5 Å². The van der Waals surface area contributed by atoms with Crippen LogP contribution in [0.25, 0.3) is 10.8 Å². The molecule has 0 saturated heterocycles. The second-order valence-corrected chi connectivity index (χ2v) is 5.36. The molecule has 1 aromatic heterocycles. The third-order valence-corrected chi connectivity index (χ3v) is 4.01. The minimum Gasteiger partial charge on any atom is -0.508 e. The molecule has 0 aliphatic rings. The summed E-state index contributed by atoms with van der Waals surface area (Å²) in [6, 6.07) is 15.0. The number of nitrogens with zero attached hydrogens (tertiary/aromatic N) is 1. The Morgan fingerprint density at radius 3 is 2.60 bits per heavy atom. The van der Waals surface area contributed by atoms with Gasteiger partial charge in [0.25, 0.3) is 0 Å². The molecule has 100 valence electrons. The van der Waals surface area contributed by atoms with Crippen LogP contribution in [0.4, 0.5) is 0 Å². The first-order valence-electron chi connectivity index (χ1n) is 6.16. The van der Waals surface area contributed by atoms with Crippen LogP contribution in [-0.4, -0.2) is 17.2 Å². The molecule has 1 heterocycles. The molecule has 4 heteroatoms. The number of fused-ring (bicyclic) bond motifs is 1. The topological polar surface area (TPSA) is 42.4 Å². The molecule has 0 bridgehead atoms. The molecule has 0 fully saturated rings. The lowest BCUT2D eigenvalue weighted by molar-refractivity contribution is 0.415. The Kier molecular flexibility index (Phi) is 3.48. The van der Waals surface area contributed by atoms with Gasteiger partial charge in [0, 0.05) is 16.5 Å². The quantitative estimate of drug-likeness (QED) is 0.786. The third-order valence-electron chi connectivity index (χ3n) is 2.99. The van der Waals surface area contributed by atoms with Crippen molar-refractivity contribution in [3.8, 4) is 11.5 Å². The first kappa shape index (κ1) is 12.8. The lowest BCUT2D eigenvalue weighted by atomic mass is 10.2. The van der Waals surface area contributed by atoms with E-state index in [2.05, 4.69) is 4.98 Å². The lowest BCUT2D eigenvalue weighted by Crippen LogP contribution is -1.86. The van der Waals surface area contributed by atoms with Gasteiger partial charge in [-0.05, 0) is 47.9 Å². The number of aromatic nitrogens is 1. The Labute approximate surface area is 121 Å². The van der Waals surface area contributed by atoms with E-state index in [1.165, 1.54) is 0 Å². The minimum absolute atomic E-state index is 0.266. The Morgan fingerprint density at radius 2 is 1.85 bits per heavy atom. The number of rotatable bonds is 3. The number of methoxy groups -OCH3 is 1. The SMILES string of the molecule is COc1ccc2ccnc(Sc3ccc(O)cc3)c2c1. The van der Waals surface area contributed by atoms with Crippen molar-refractivity contribution in [1.29, 1.82) is 0 Å². The van der Waals surface area contributed by atoms with Crippen LogP contribution in [0, 0.1) is 0 Å². The molecule has 0 saturated carbocycles. The van der Waals surface area contributed by atoms with Gasteiger partial charge in [0.1, 0.15) is 16.5 Å². The van der Waals surface area contributed by atoms with E-state index in [0.29, 0.717) is 0 Å². The van der Waals surface area contributed by atoms with Crippen molar-refractivity contribution in [1.82, 2.24) is 4.98 Å². The molecule has 3 aromatic rings. The van der Waals surface area contributed by atoms with Crippen molar-refractivity contribution in [3.05, 3.63) is 54.7 Å². The zero-order valence-electron chi connectivity index (χ0n) is 10.9. The number of phenolic OH excluding ortho intramolecular Hbond substituents is 1. The first-order chi connectivity index (χ1) is 9.76. The molecule has 20 heavy (non-hydrogen) atoms. The standard InChI is InChI=1S/C16H13NO2S/c1-19-13-5-2-11-8-9-17-16(15(11)10-13)20-14-6-3-12(18)4-7-14/h2-10,18H,1H3. The number of aromatic hydroxyl groups is 1. The Hall–Kier alpha value is -2.20. The van der Waals surface area contributed by atoms with Gasteiger partial charge in [0.05, 0.1) is 7.11 Å². The molecule has 0 amide bonds. The number of benzene rings is 2. The molecule has 0 unspecified atom stereocenters. The van der Waals surface area contributed by atoms with E-state index in [1.54, 1.807) is 37.2 Å². The van der Waals surface area contributed by atoms with E-state index in [-0.39, 0.29) is 5.75 Å². The molecule has 0 atom stereocenters. The van der Waals surface area contributed by atoms with Crippen molar-refractivity contribution in [2.75, 3.05) is 7.11 Å². The molecule has 2 aromatic carbocycles. The van der Waals surface area contributed by atoms with Crippen LogP contribution in [0.3, 0.4) is 0 Å². The Bertz CT molecular complexity index is 741. The zero-order chi connectivity index (χ0) is 13.9. The maximum Gasteiger partial charge on any atom is 0.119 e. The fraction of sp³-hybridized carbons (Fsp3) is 0.0625. The average molecular weight is 283 g/mol. The van der Waals surface area contributed by atoms with Crippen molar-refractivity contribution in [3.63, 3.8) is 0 Å². The second kappa shape index (κ2) is 5.43. The van der Waals surface area contributed by atoms with Gasteiger partial charge < -0.3 is 9.84 Å². The minimum atomic E-state index is 0.266. The summed E-state index contributed by atoms with van der Waals surface area (Å²) in [7, 11) is 1.66. The van der Waals surface area contributed by atoms with Gasteiger partial charge in [-0.25, -0.2) is 4.98 Å². The normalized spacial score (nSPS) is 10.7. The summed E-state index contributed by atoms with van der Waals surface area (Å²) in [6.45, 7) is 0. The Balaban J connectivity index is 2.04. The number of phenols is 1. The van der Waals surface area contributed by atoms with Gasteiger partial charge in [-0.15, -0.1) is 0 Å². The average Bonchev–Trinajstić information content (AvgIpc) is 2.49. The largest absolute Gasteiger partial charge is 0.508 e. The third kappa shape index (κ3) is 2.56. The molecule has 1 N–H and O–H groups in total. The second-order valence-electron chi connectivity index (χ2n) is 4.30. The summed E-state index contributed by atoms with van der Waals surface area (Å²) in [5.74, 6) is 1.08. The van der Waals surface area contributed by atoms with Gasteiger partial charge in [0.15, 0.2) is 0 Å². The van der Waals surface area contributed by atoms with E-state index in [9.17, 15) is 5.11 Å². The van der Waals surface area contributed by atoms with Crippen LogP contribution >= 0.6 is 11.8 Å². The number of pyridine rings is 1. The van der Waals surface area contributed by atoms with E-state index >= 15 is 0 Å². The summed E-state index contributed by atoms with van der Waals surface area (Å²) in [6.07, 6.45) is 1.80. The number of hydrogen-bond donors (Lipinski definition) is 1. The highest BCUT2D eigenvalue weighted by Crippen LogP contribution is 2.33. The van der Waals surface area contributed by atoms with Gasteiger partial charge in [-0.3, -0.25) is 0 Å². The Morgan fingerprint density at radius 1 is 1.05 bits per heavy atom. The van der Waals surface area contributed by atoms with E-state index in [0.717, 1.165) is 26.4 Å². The molecule has 0 spiro atoms. The van der Waals surface area contributed by atoms with Crippen molar-refractivity contribution < 1.29 is 9.84 Å². The molecule has 0 aliphatic heterocycles. The summed E-state index contributed by atoms with van der Waals surface area (Å²) >= 11 is 1.57. The summed E-state index contributed by atoms with van der Waals surface area (Å²) in [5, 5.41) is 12.4. The molecule has 3 nitrogen and oxygen atoms in total. The first-order valence-corrected chi connectivity index (χ1v) is 6.97. The van der Waals surface area contributed by atoms with Crippen molar-refractivity contribution in [2.24, 2.45) is 0 Å². The summed E-state index contributed by atoms with van der Waals surface area (Å²) in [4.78, 5) is 5.48. The fourth-order valence-corrected chi connectivity index (χ4v) is 2.85. The molecule has 0 aliphatic carbocycles. The zero-order valence-corrected chi connectivity index (χ0v) is 11.7. The van der Waals surface area contributed by atoms with Crippen LogP contribution in [0.2, 0.25) is 0 Å². The van der Waals surface area contributed by atoms with E-state index in [4.69, 9.17) is 4.74 Å². The molecule has 3 rings (SSSR count). The number of ether oxygens (including phenoxy) is 1. The molecular weight excluding hydrogens is 270 g/mol. The van der Waals surface area contributed by atoms with Crippen molar-refractivity contribution in [2.45, 2.75) is 9.92 Å². The van der Waals surface area contributed by atoms with Gasteiger partial charge >= 0.3 is 0 Å². The van der Waals surface area contributed by atoms with Crippen molar-refractivity contribution >= 4 is 22.5 Å². The van der Waals surface area contributed by atoms with E-state index in [1.807, 2.05) is 36.4 Å². The maximum absolute atomic E-state index is 9.32. The van der Waals surface area contributed by atoms with Crippen LogP contribution in [-0.2, 0) is 0 Å². The highest BCUT2D eigenvalue weighted by molar-refractivity contribution is 7.99. The smallest absolute Gasteiger partial charge is 0.119 e. The predicted molar refractivity (Wildman–Crippen MR) is 80.5 cm³/mol.